The predicted octanol–water partition coefficient (Wildman–Crippen LogP) is 3.76. The van der Waals surface area contributed by atoms with E-state index in [0.29, 0.717) is 0 Å². The second kappa shape index (κ2) is 6.88. The summed E-state index contributed by atoms with van der Waals surface area (Å²) in [6.07, 6.45) is 0. The molecule has 0 saturated heterocycles. The molecule has 0 amide bonds. The molecule has 1 aromatic carbocycles. The van der Waals surface area contributed by atoms with Crippen LogP contribution >= 0.6 is 15.9 Å². The lowest BCUT2D eigenvalue weighted by Gasteiger charge is -2.24. The Kier molecular flexibility index (Phi) is 5.16. The molecule has 2 aromatic rings. The monoisotopic (exact) mass is 346 g/mol. The van der Waals surface area contributed by atoms with Crippen molar-refractivity contribution in [3.05, 3.63) is 40.6 Å². The summed E-state index contributed by atoms with van der Waals surface area (Å²) >= 11 is 3.52. The van der Waals surface area contributed by atoms with Crippen molar-refractivity contribution < 1.29 is 0 Å². The van der Waals surface area contributed by atoms with Gasteiger partial charge in [0.1, 0.15) is 16.5 Å². The second-order valence-corrected chi connectivity index (χ2v) is 5.54. The van der Waals surface area contributed by atoms with Crippen LogP contribution in [0, 0.1) is 11.3 Å². The van der Waals surface area contributed by atoms with Crippen molar-refractivity contribution in [1.82, 2.24) is 14.5 Å². The van der Waals surface area contributed by atoms with E-state index in [-0.39, 0.29) is 6.04 Å². The Labute approximate surface area is 134 Å². The molecule has 1 aromatic heterocycles. The van der Waals surface area contributed by atoms with Crippen molar-refractivity contribution in [3.8, 4) is 17.5 Å². The number of aromatic nitrogens is 2. The van der Waals surface area contributed by atoms with Crippen molar-refractivity contribution in [3.63, 3.8) is 0 Å². The number of benzene rings is 1. The number of nitrogens with zero attached hydrogens (tertiary/aromatic N) is 4. The van der Waals surface area contributed by atoms with Crippen molar-refractivity contribution in [2.45, 2.75) is 19.9 Å². The molecule has 5 heteroatoms. The van der Waals surface area contributed by atoms with Gasteiger partial charge in [0.25, 0.3) is 0 Å². The van der Waals surface area contributed by atoms with Crippen LogP contribution in [0.1, 0.15) is 25.6 Å². The minimum atomic E-state index is -0.302. The fourth-order valence-corrected chi connectivity index (χ4v) is 3.17. The van der Waals surface area contributed by atoms with Crippen molar-refractivity contribution in [2.75, 3.05) is 13.1 Å². The number of imidazole rings is 1. The third kappa shape index (κ3) is 3.02. The Morgan fingerprint density at radius 2 is 1.90 bits per heavy atom. The highest BCUT2D eigenvalue weighted by Gasteiger charge is 2.26. The van der Waals surface area contributed by atoms with Gasteiger partial charge in [0.15, 0.2) is 0 Å². The standard InChI is InChI=1S/C16H19BrN4/c1-4-21(5-2)13(11-18)14-15(17)19-16(20(14)3)12-9-7-6-8-10-12/h6-10,13H,4-5H2,1-3H3. The molecular weight excluding hydrogens is 328 g/mol. The maximum absolute atomic E-state index is 9.59. The van der Waals surface area contributed by atoms with Crippen LogP contribution in [0.3, 0.4) is 0 Å². The molecule has 0 aliphatic carbocycles. The molecule has 1 unspecified atom stereocenters. The van der Waals surface area contributed by atoms with Crippen molar-refractivity contribution >= 4 is 15.9 Å². The van der Waals surface area contributed by atoms with Gasteiger partial charge in [0.2, 0.25) is 0 Å². The molecule has 0 saturated carbocycles. The molecule has 1 heterocycles. The summed E-state index contributed by atoms with van der Waals surface area (Å²) in [6, 6.07) is 12.1. The van der Waals surface area contributed by atoms with Gasteiger partial charge in [0.05, 0.1) is 11.8 Å². The maximum Gasteiger partial charge on any atom is 0.141 e. The Hall–Kier alpha value is -1.64. The zero-order valence-electron chi connectivity index (χ0n) is 12.5. The van der Waals surface area contributed by atoms with E-state index < -0.39 is 0 Å². The smallest absolute Gasteiger partial charge is 0.141 e. The van der Waals surface area contributed by atoms with E-state index in [1.165, 1.54) is 0 Å². The molecule has 0 bridgehead atoms. The average molecular weight is 347 g/mol. The highest BCUT2D eigenvalue weighted by Crippen LogP contribution is 2.31. The van der Waals surface area contributed by atoms with Crippen molar-refractivity contribution in [2.24, 2.45) is 7.05 Å². The summed E-state index contributed by atoms with van der Waals surface area (Å²) in [5.74, 6) is 0.866. The molecule has 2 rings (SSSR count). The molecular formula is C16H19BrN4. The van der Waals surface area contributed by atoms with Gasteiger partial charge in [-0.1, -0.05) is 44.2 Å². The third-order valence-electron chi connectivity index (χ3n) is 3.69. The van der Waals surface area contributed by atoms with E-state index in [2.05, 4.69) is 45.7 Å². The first-order valence-electron chi connectivity index (χ1n) is 7.05. The molecule has 1 atom stereocenters. The van der Waals surface area contributed by atoms with Gasteiger partial charge in [-0.25, -0.2) is 4.98 Å². The zero-order chi connectivity index (χ0) is 15.4. The van der Waals surface area contributed by atoms with Gasteiger partial charge in [-0.15, -0.1) is 0 Å². The minimum Gasteiger partial charge on any atom is -0.328 e. The summed E-state index contributed by atoms with van der Waals surface area (Å²) < 4.78 is 2.74. The van der Waals surface area contributed by atoms with Gasteiger partial charge >= 0.3 is 0 Å². The highest BCUT2D eigenvalue weighted by molar-refractivity contribution is 9.10. The fourth-order valence-electron chi connectivity index (χ4n) is 2.52. The summed E-state index contributed by atoms with van der Waals surface area (Å²) in [5.41, 5.74) is 1.95. The molecule has 110 valence electrons. The van der Waals surface area contributed by atoms with Gasteiger partial charge in [-0.2, -0.15) is 5.26 Å². The Morgan fingerprint density at radius 1 is 1.29 bits per heavy atom. The normalized spacial score (nSPS) is 12.4. The SMILES string of the molecule is CCN(CC)C(C#N)c1c(Br)nc(-c2ccccc2)n1C. The molecule has 0 spiro atoms. The third-order valence-corrected chi connectivity index (χ3v) is 4.27. The Morgan fingerprint density at radius 3 is 2.43 bits per heavy atom. The molecule has 0 N–H and O–H groups in total. The molecule has 0 fully saturated rings. The molecule has 21 heavy (non-hydrogen) atoms. The lowest BCUT2D eigenvalue weighted by Crippen LogP contribution is -2.29. The first-order valence-corrected chi connectivity index (χ1v) is 7.84. The minimum absolute atomic E-state index is 0.302. The van der Waals surface area contributed by atoms with Crippen LogP contribution in [0.5, 0.6) is 0 Å². The van der Waals surface area contributed by atoms with Gasteiger partial charge in [-0.3, -0.25) is 4.90 Å². The molecule has 0 aliphatic heterocycles. The van der Waals surface area contributed by atoms with Crippen LogP contribution in [-0.2, 0) is 7.05 Å². The highest BCUT2D eigenvalue weighted by atomic mass is 79.9. The quantitative estimate of drug-likeness (QED) is 0.827. The van der Waals surface area contributed by atoms with E-state index in [1.54, 1.807) is 0 Å². The first kappa shape index (κ1) is 15.7. The average Bonchev–Trinajstić information content (AvgIpc) is 2.81. The van der Waals surface area contributed by atoms with E-state index in [0.717, 1.165) is 34.8 Å². The zero-order valence-corrected chi connectivity index (χ0v) is 14.1. The van der Waals surface area contributed by atoms with Crippen LogP contribution in [0.4, 0.5) is 0 Å². The molecule has 0 aliphatic rings. The van der Waals surface area contributed by atoms with E-state index >= 15 is 0 Å². The fraction of sp³-hybridized carbons (Fsp3) is 0.375. The number of hydrogen-bond acceptors (Lipinski definition) is 3. The lowest BCUT2D eigenvalue weighted by molar-refractivity contribution is 0.255. The van der Waals surface area contributed by atoms with Crippen LogP contribution in [0.15, 0.2) is 34.9 Å². The maximum atomic E-state index is 9.59. The number of hydrogen-bond donors (Lipinski definition) is 0. The van der Waals surface area contributed by atoms with E-state index in [1.807, 2.05) is 41.9 Å². The van der Waals surface area contributed by atoms with Crippen LogP contribution < -0.4 is 0 Å². The summed E-state index contributed by atoms with van der Waals surface area (Å²) in [5, 5.41) is 9.59. The predicted molar refractivity (Wildman–Crippen MR) is 87.6 cm³/mol. The second-order valence-electron chi connectivity index (χ2n) is 4.79. The van der Waals surface area contributed by atoms with Gasteiger partial charge < -0.3 is 4.57 Å². The van der Waals surface area contributed by atoms with Crippen molar-refractivity contribution in [1.29, 1.82) is 5.26 Å². The summed E-state index contributed by atoms with van der Waals surface area (Å²) in [6.45, 7) is 5.78. The van der Waals surface area contributed by atoms with E-state index in [9.17, 15) is 5.26 Å². The summed E-state index contributed by atoms with van der Waals surface area (Å²) in [4.78, 5) is 6.72. The number of halogens is 1. The largest absolute Gasteiger partial charge is 0.328 e. The van der Waals surface area contributed by atoms with Crippen LogP contribution in [0.25, 0.3) is 11.4 Å². The molecule has 4 nitrogen and oxygen atoms in total. The van der Waals surface area contributed by atoms with Crippen LogP contribution in [-0.4, -0.2) is 27.5 Å². The Bertz CT molecular complexity index is 638. The topological polar surface area (TPSA) is 44.9 Å². The summed E-state index contributed by atoms with van der Waals surface area (Å²) in [7, 11) is 1.96. The number of rotatable bonds is 5. The first-order chi connectivity index (χ1) is 10.1. The van der Waals surface area contributed by atoms with Gasteiger partial charge in [-0.05, 0) is 29.0 Å². The Balaban J connectivity index is 2.51. The van der Waals surface area contributed by atoms with Crippen LogP contribution in [0.2, 0.25) is 0 Å². The number of nitriles is 1. The van der Waals surface area contributed by atoms with Gasteiger partial charge in [0, 0.05) is 12.6 Å². The molecule has 0 radical (unpaired) electrons. The lowest BCUT2D eigenvalue weighted by atomic mass is 10.2. The van der Waals surface area contributed by atoms with E-state index in [4.69, 9.17) is 0 Å².